The number of hydrogen-bond donors (Lipinski definition) is 1. The molecule has 4 rings (SSSR count). The molecule has 3 heterocycles. The summed E-state index contributed by atoms with van der Waals surface area (Å²) in [6.45, 7) is 3.68. The summed E-state index contributed by atoms with van der Waals surface area (Å²) < 4.78 is 7.06. The summed E-state index contributed by atoms with van der Waals surface area (Å²) in [6, 6.07) is 12.6. The minimum atomic E-state index is -0.477. The average Bonchev–Trinajstić information content (AvgIpc) is 3.39. The van der Waals surface area contributed by atoms with E-state index in [-0.39, 0.29) is 11.7 Å². The van der Waals surface area contributed by atoms with Gasteiger partial charge >= 0.3 is 0 Å². The summed E-state index contributed by atoms with van der Waals surface area (Å²) in [5, 5.41) is 7.66. The van der Waals surface area contributed by atoms with Crippen LogP contribution in [-0.2, 0) is 11.2 Å². The molecule has 1 unspecified atom stereocenters. The molecule has 0 spiro atoms. The Morgan fingerprint density at radius 1 is 1.17 bits per heavy atom. The molecule has 0 radical (unpaired) electrons. The van der Waals surface area contributed by atoms with E-state index in [1.807, 2.05) is 41.0 Å². The van der Waals surface area contributed by atoms with Crippen molar-refractivity contribution in [2.75, 3.05) is 6.54 Å². The van der Waals surface area contributed by atoms with Gasteiger partial charge in [0.15, 0.2) is 5.78 Å². The van der Waals surface area contributed by atoms with Crippen LogP contribution in [0.3, 0.4) is 0 Å². The molecule has 8 nitrogen and oxygen atoms in total. The number of fused-ring (bicyclic) bond motifs is 1. The number of pyridine rings is 1. The summed E-state index contributed by atoms with van der Waals surface area (Å²) in [7, 11) is 0. The Kier molecular flexibility index (Phi) is 5.38. The molecule has 1 atom stereocenters. The lowest BCUT2D eigenvalue weighted by molar-refractivity contribution is -0.123. The Bertz CT molecular complexity index is 1200. The van der Waals surface area contributed by atoms with E-state index in [2.05, 4.69) is 20.4 Å². The molecule has 0 aliphatic heterocycles. The monoisotopic (exact) mass is 403 g/mol. The molecule has 1 N–H and O–H groups in total. The Labute approximate surface area is 172 Å². The minimum absolute atomic E-state index is 0.0299. The number of ketones is 1. The van der Waals surface area contributed by atoms with Gasteiger partial charge in [0.2, 0.25) is 17.6 Å². The number of nitrogens with one attached hydrogen (secondary N) is 1. The van der Waals surface area contributed by atoms with Gasteiger partial charge in [0.25, 0.3) is 0 Å². The molecule has 8 heteroatoms. The fraction of sp³-hybridized carbons (Fsp3) is 0.227. The lowest BCUT2D eigenvalue weighted by atomic mass is 10.1. The fourth-order valence-electron chi connectivity index (χ4n) is 3.33. The molecule has 1 aromatic carbocycles. The number of Topliss-reactive ketones (excluding diaryl/α,β-unsaturated/α-hetero) is 1. The normalized spacial score (nSPS) is 12.1. The van der Waals surface area contributed by atoms with Crippen molar-refractivity contribution < 1.29 is 14.1 Å². The van der Waals surface area contributed by atoms with Crippen molar-refractivity contribution in [3.63, 3.8) is 0 Å². The predicted molar refractivity (Wildman–Crippen MR) is 111 cm³/mol. The number of carbonyl (C=O) groups is 2. The van der Waals surface area contributed by atoms with Crippen molar-refractivity contribution in [2.45, 2.75) is 26.3 Å². The molecule has 0 saturated carbocycles. The quantitative estimate of drug-likeness (QED) is 0.475. The van der Waals surface area contributed by atoms with Crippen LogP contribution in [0.4, 0.5) is 0 Å². The summed E-state index contributed by atoms with van der Waals surface area (Å²) in [5.41, 5.74) is 2.09. The van der Waals surface area contributed by atoms with Gasteiger partial charge < -0.3 is 14.4 Å². The summed E-state index contributed by atoms with van der Waals surface area (Å²) in [5.74, 6) is 0.655. The van der Waals surface area contributed by atoms with Crippen LogP contribution in [0.1, 0.15) is 36.1 Å². The van der Waals surface area contributed by atoms with E-state index < -0.39 is 6.04 Å². The maximum Gasteiger partial charge on any atom is 0.242 e. The zero-order chi connectivity index (χ0) is 21.1. The van der Waals surface area contributed by atoms with E-state index in [4.69, 9.17) is 4.52 Å². The number of nitrogens with zero attached hydrogens (tertiary/aromatic N) is 4. The standard InChI is InChI=1S/C22H21N5O3/c1-14(27-13-17(15(2)28)16-7-3-4-9-19(16)27)22(29)24-12-10-20-25-21(26-30-20)18-8-5-6-11-23-18/h3-9,11,13-14H,10,12H2,1-2H3,(H,24,29). The molecule has 0 bridgehead atoms. The third-order valence-corrected chi connectivity index (χ3v) is 4.92. The zero-order valence-corrected chi connectivity index (χ0v) is 16.7. The van der Waals surface area contributed by atoms with Gasteiger partial charge in [-0.15, -0.1) is 0 Å². The second-order valence-corrected chi connectivity index (χ2v) is 6.97. The van der Waals surface area contributed by atoms with Crippen LogP contribution in [0, 0.1) is 0 Å². The van der Waals surface area contributed by atoms with Crippen LogP contribution in [-0.4, -0.2) is 37.9 Å². The molecule has 30 heavy (non-hydrogen) atoms. The van der Waals surface area contributed by atoms with Crippen molar-refractivity contribution in [2.24, 2.45) is 0 Å². The van der Waals surface area contributed by atoms with E-state index in [0.717, 1.165) is 10.9 Å². The second-order valence-electron chi connectivity index (χ2n) is 6.97. The van der Waals surface area contributed by atoms with Gasteiger partial charge in [-0.2, -0.15) is 4.98 Å². The van der Waals surface area contributed by atoms with Crippen molar-refractivity contribution in [3.8, 4) is 11.5 Å². The van der Waals surface area contributed by atoms with Gasteiger partial charge in [0.05, 0.1) is 0 Å². The number of para-hydroxylation sites is 1. The molecule has 152 valence electrons. The first-order valence-electron chi connectivity index (χ1n) is 9.67. The van der Waals surface area contributed by atoms with Gasteiger partial charge in [-0.1, -0.05) is 29.4 Å². The highest BCUT2D eigenvalue weighted by Gasteiger charge is 2.20. The van der Waals surface area contributed by atoms with Crippen molar-refractivity contribution in [3.05, 3.63) is 66.3 Å². The highest BCUT2D eigenvalue weighted by Crippen LogP contribution is 2.25. The number of benzene rings is 1. The van der Waals surface area contributed by atoms with Gasteiger partial charge in [0, 0.05) is 41.8 Å². The van der Waals surface area contributed by atoms with Crippen LogP contribution in [0.2, 0.25) is 0 Å². The van der Waals surface area contributed by atoms with Crippen molar-refractivity contribution in [1.82, 2.24) is 25.0 Å². The second kappa shape index (κ2) is 8.28. The highest BCUT2D eigenvalue weighted by molar-refractivity contribution is 6.07. The number of aromatic nitrogens is 4. The van der Waals surface area contributed by atoms with E-state index in [9.17, 15) is 9.59 Å². The Morgan fingerprint density at radius 2 is 1.97 bits per heavy atom. The maximum absolute atomic E-state index is 12.7. The third-order valence-electron chi connectivity index (χ3n) is 4.92. The predicted octanol–water partition coefficient (Wildman–Crippen LogP) is 3.21. The lowest BCUT2D eigenvalue weighted by Crippen LogP contribution is -2.32. The summed E-state index contributed by atoms with van der Waals surface area (Å²) in [6.07, 6.45) is 3.81. The highest BCUT2D eigenvalue weighted by atomic mass is 16.5. The molecule has 0 fully saturated rings. The van der Waals surface area contributed by atoms with E-state index in [1.54, 1.807) is 25.4 Å². The third kappa shape index (κ3) is 3.84. The zero-order valence-electron chi connectivity index (χ0n) is 16.7. The molecular weight excluding hydrogens is 382 g/mol. The topological polar surface area (TPSA) is 103 Å². The van der Waals surface area contributed by atoms with Gasteiger partial charge in [0.1, 0.15) is 11.7 Å². The minimum Gasteiger partial charge on any atom is -0.354 e. The molecular formula is C22H21N5O3. The summed E-state index contributed by atoms with van der Waals surface area (Å²) >= 11 is 0. The van der Waals surface area contributed by atoms with E-state index >= 15 is 0 Å². The van der Waals surface area contributed by atoms with Crippen LogP contribution >= 0.6 is 0 Å². The Morgan fingerprint density at radius 3 is 2.73 bits per heavy atom. The number of amides is 1. The maximum atomic E-state index is 12.7. The van der Waals surface area contributed by atoms with Crippen LogP contribution in [0.5, 0.6) is 0 Å². The average molecular weight is 403 g/mol. The molecule has 1 amide bonds. The molecule has 0 aliphatic carbocycles. The fourth-order valence-corrected chi connectivity index (χ4v) is 3.33. The molecule has 3 aromatic heterocycles. The molecule has 0 saturated heterocycles. The summed E-state index contributed by atoms with van der Waals surface area (Å²) in [4.78, 5) is 33.1. The van der Waals surface area contributed by atoms with Gasteiger partial charge in [-0.05, 0) is 32.0 Å². The smallest absolute Gasteiger partial charge is 0.242 e. The molecule has 4 aromatic rings. The number of hydrogen-bond acceptors (Lipinski definition) is 6. The van der Waals surface area contributed by atoms with E-state index in [0.29, 0.717) is 35.9 Å². The molecule has 0 aliphatic rings. The SMILES string of the molecule is CC(=O)c1cn(C(C)C(=O)NCCc2nc(-c3ccccn3)no2)c2ccccc12. The van der Waals surface area contributed by atoms with Crippen molar-refractivity contribution in [1.29, 1.82) is 0 Å². The number of rotatable bonds is 7. The van der Waals surface area contributed by atoms with Crippen molar-refractivity contribution >= 4 is 22.6 Å². The first kappa shape index (κ1) is 19.5. The first-order chi connectivity index (χ1) is 14.5. The Hall–Kier alpha value is -3.81. The van der Waals surface area contributed by atoms with E-state index in [1.165, 1.54) is 6.92 Å². The largest absolute Gasteiger partial charge is 0.354 e. The van der Waals surface area contributed by atoms with Crippen LogP contribution in [0.25, 0.3) is 22.4 Å². The first-order valence-corrected chi connectivity index (χ1v) is 9.67. The number of carbonyl (C=O) groups excluding carboxylic acids is 2. The van der Waals surface area contributed by atoms with Crippen LogP contribution < -0.4 is 5.32 Å². The van der Waals surface area contributed by atoms with Crippen LogP contribution in [0.15, 0.2) is 59.4 Å². The van der Waals surface area contributed by atoms with Gasteiger partial charge in [-0.3, -0.25) is 14.6 Å². The van der Waals surface area contributed by atoms with Gasteiger partial charge in [-0.25, -0.2) is 0 Å². The lowest BCUT2D eigenvalue weighted by Gasteiger charge is -2.15. The Balaban J connectivity index is 1.41.